The van der Waals surface area contributed by atoms with Gasteiger partial charge in [-0.3, -0.25) is 5.32 Å². The lowest BCUT2D eigenvalue weighted by molar-refractivity contribution is 0.0635. The Labute approximate surface area is 118 Å². The molecular weight excluding hydrogens is 259 g/mol. The van der Waals surface area contributed by atoms with Crippen molar-refractivity contribution in [3.05, 3.63) is 28.6 Å². The number of aryl methyl sites for hydroxylation is 1. The molecule has 1 aromatic carbocycles. The zero-order valence-electron chi connectivity index (χ0n) is 12.4. The van der Waals surface area contributed by atoms with E-state index >= 15 is 0 Å². The highest BCUT2D eigenvalue weighted by molar-refractivity contribution is 5.87. The van der Waals surface area contributed by atoms with E-state index < -0.39 is 11.7 Å². The molecule has 1 amide bonds. The van der Waals surface area contributed by atoms with Crippen LogP contribution in [-0.2, 0) is 17.7 Å². The molecule has 2 N–H and O–H groups in total. The zero-order valence-corrected chi connectivity index (χ0v) is 12.4. The van der Waals surface area contributed by atoms with Crippen molar-refractivity contribution in [3.8, 4) is 0 Å². The van der Waals surface area contributed by atoms with Crippen LogP contribution in [0.4, 0.5) is 14.9 Å². The maximum atomic E-state index is 13.9. The molecule has 1 aliphatic rings. The molecule has 1 heterocycles. The van der Waals surface area contributed by atoms with Crippen LogP contribution in [0.3, 0.4) is 0 Å². The Bertz CT molecular complexity index is 536. The van der Waals surface area contributed by atoms with Gasteiger partial charge in [0, 0.05) is 12.1 Å². The molecule has 0 bridgehead atoms. The summed E-state index contributed by atoms with van der Waals surface area (Å²) in [4.78, 5) is 11.9. The normalized spacial score (nSPS) is 14.7. The minimum atomic E-state index is -0.556. The highest BCUT2D eigenvalue weighted by atomic mass is 19.1. The van der Waals surface area contributed by atoms with Crippen molar-refractivity contribution < 1.29 is 13.9 Å². The van der Waals surface area contributed by atoms with Gasteiger partial charge in [-0.1, -0.05) is 0 Å². The van der Waals surface area contributed by atoms with Gasteiger partial charge in [0.25, 0.3) is 0 Å². The SMILES string of the molecule is Cc1cc(F)c2c(c1NC(=O)OC(C)(C)C)CCNC2. The number of hydrogen-bond acceptors (Lipinski definition) is 3. The molecule has 2 rings (SSSR count). The first-order valence-electron chi connectivity index (χ1n) is 6.79. The summed E-state index contributed by atoms with van der Waals surface area (Å²) in [5.41, 5.74) is 2.34. The first-order valence-corrected chi connectivity index (χ1v) is 6.79. The van der Waals surface area contributed by atoms with Gasteiger partial charge in [-0.05, 0) is 57.9 Å². The summed E-state index contributed by atoms with van der Waals surface area (Å²) < 4.78 is 19.2. The van der Waals surface area contributed by atoms with E-state index in [1.807, 2.05) is 20.8 Å². The number of carbonyl (C=O) groups excluding carboxylic acids is 1. The van der Waals surface area contributed by atoms with Crippen molar-refractivity contribution in [2.24, 2.45) is 0 Å². The van der Waals surface area contributed by atoms with Crippen LogP contribution in [0.25, 0.3) is 0 Å². The van der Waals surface area contributed by atoms with Crippen molar-refractivity contribution in [1.82, 2.24) is 5.32 Å². The summed E-state index contributed by atoms with van der Waals surface area (Å²) in [6, 6.07) is 1.46. The highest BCUT2D eigenvalue weighted by Gasteiger charge is 2.22. The smallest absolute Gasteiger partial charge is 0.412 e. The molecule has 5 heteroatoms. The summed E-state index contributed by atoms with van der Waals surface area (Å²) in [5.74, 6) is -0.223. The number of ether oxygens (including phenoxy) is 1. The van der Waals surface area contributed by atoms with Crippen molar-refractivity contribution in [2.75, 3.05) is 11.9 Å². The largest absolute Gasteiger partial charge is 0.444 e. The molecule has 110 valence electrons. The van der Waals surface area contributed by atoms with Crippen molar-refractivity contribution in [1.29, 1.82) is 0 Å². The van der Waals surface area contributed by atoms with Gasteiger partial charge in [0.05, 0.1) is 5.69 Å². The van der Waals surface area contributed by atoms with Crippen LogP contribution >= 0.6 is 0 Å². The topological polar surface area (TPSA) is 50.4 Å². The number of benzene rings is 1. The zero-order chi connectivity index (χ0) is 14.9. The quantitative estimate of drug-likeness (QED) is 0.831. The molecule has 0 radical (unpaired) electrons. The average molecular weight is 280 g/mol. The number of anilines is 1. The van der Waals surface area contributed by atoms with Crippen LogP contribution in [0.2, 0.25) is 0 Å². The van der Waals surface area contributed by atoms with Crippen LogP contribution in [0.1, 0.15) is 37.5 Å². The molecule has 0 atom stereocenters. The Balaban J connectivity index is 2.30. The summed E-state index contributed by atoms with van der Waals surface area (Å²) >= 11 is 0. The summed E-state index contributed by atoms with van der Waals surface area (Å²) in [7, 11) is 0. The molecule has 0 aliphatic carbocycles. The average Bonchev–Trinajstić information content (AvgIpc) is 2.32. The Morgan fingerprint density at radius 3 is 2.75 bits per heavy atom. The maximum Gasteiger partial charge on any atom is 0.412 e. The maximum absolute atomic E-state index is 13.9. The fourth-order valence-electron chi connectivity index (χ4n) is 2.36. The third-order valence-electron chi connectivity index (χ3n) is 3.17. The number of rotatable bonds is 1. The van der Waals surface area contributed by atoms with Crippen LogP contribution in [0, 0.1) is 12.7 Å². The Morgan fingerprint density at radius 2 is 2.10 bits per heavy atom. The van der Waals surface area contributed by atoms with Gasteiger partial charge in [0.1, 0.15) is 11.4 Å². The Kier molecular flexibility index (Phi) is 3.99. The van der Waals surface area contributed by atoms with Crippen molar-refractivity contribution in [3.63, 3.8) is 0 Å². The van der Waals surface area contributed by atoms with E-state index in [9.17, 15) is 9.18 Å². The molecule has 20 heavy (non-hydrogen) atoms. The third-order valence-corrected chi connectivity index (χ3v) is 3.17. The van der Waals surface area contributed by atoms with Gasteiger partial charge >= 0.3 is 6.09 Å². The highest BCUT2D eigenvalue weighted by Crippen LogP contribution is 2.29. The molecule has 0 spiro atoms. The van der Waals surface area contributed by atoms with E-state index in [0.717, 1.165) is 12.1 Å². The van der Waals surface area contributed by atoms with Crippen LogP contribution in [0.15, 0.2) is 6.07 Å². The molecule has 1 aliphatic heterocycles. The number of hydrogen-bond donors (Lipinski definition) is 2. The lowest BCUT2D eigenvalue weighted by atomic mass is 9.95. The third kappa shape index (κ3) is 3.28. The van der Waals surface area contributed by atoms with Gasteiger partial charge in [-0.15, -0.1) is 0 Å². The number of carbonyl (C=O) groups is 1. The van der Waals surface area contributed by atoms with Gasteiger partial charge in [-0.2, -0.15) is 0 Å². The number of nitrogens with one attached hydrogen (secondary N) is 2. The minimum Gasteiger partial charge on any atom is -0.444 e. The number of fused-ring (bicyclic) bond motifs is 1. The monoisotopic (exact) mass is 280 g/mol. The van der Waals surface area contributed by atoms with Gasteiger partial charge in [0.2, 0.25) is 0 Å². The molecule has 4 nitrogen and oxygen atoms in total. The van der Waals surface area contributed by atoms with Crippen molar-refractivity contribution >= 4 is 11.8 Å². The predicted octanol–water partition coefficient (Wildman–Crippen LogP) is 3.13. The Morgan fingerprint density at radius 1 is 1.40 bits per heavy atom. The van der Waals surface area contributed by atoms with Gasteiger partial charge in [-0.25, -0.2) is 9.18 Å². The van der Waals surface area contributed by atoms with Gasteiger partial charge < -0.3 is 10.1 Å². The van der Waals surface area contributed by atoms with E-state index in [1.54, 1.807) is 6.92 Å². The number of amides is 1. The van der Waals surface area contributed by atoms with Crippen molar-refractivity contribution in [2.45, 2.75) is 46.3 Å². The summed E-state index contributed by atoms with van der Waals surface area (Å²) in [6.07, 6.45) is 0.187. The first kappa shape index (κ1) is 14.8. The predicted molar refractivity (Wildman–Crippen MR) is 76.4 cm³/mol. The lowest BCUT2D eigenvalue weighted by Gasteiger charge is -2.25. The first-order chi connectivity index (χ1) is 9.28. The molecule has 0 saturated carbocycles. The molecule has 0 aromatic heterocycles. The fraction of sp³-hybridized carbons (Fsp3) is 0.533. The molecule has 0 saturated heterocycles. The van der Waals surface area contributed by atoms with Crippen LogP contribution in [0.5, 0.6) is 0 Å². The second-order valence-electron chi connectivity index (χ2n) is 6.06. The van der Waals surface area contributed by atoms with E-state index in [0.29, 0.717) is 29.8 Å². The fourth-order valence-corrected chi connectivity index (χ4v) is 2.36. The van der Waals surface area contributed by atoms with E-state index in [2.05, 4.69) is 10.6 Å². The van der Waals surface area contributed by atoms with E-state index in [1.165, 1.54) is 6.07 Å². The molecular formula is C15H21FN2O2. The summed E-state index contributed by atoms with van der Waals surface area (Å²) in [6.45, 7) is 8.48. The summed E-state index contributed by atoms with van der Waals surface area (Å²) in [5, 5.41) is 5.90. The standard InChI is InChI=1S/C15H21FN2O2/c1-9-7-12(16)11-8-17-6-5-10(11)13(9)18-14(19)20-15(2,3)4/h7,17H,5-6,8H2,1-4H3,(H,18,19). The van der Waals surface area contributed by atoms with Crippen LogP contribution in [-0.4, -0.2) is 18.2 Å². The van der Waals surface area contributed by atoms with E-state index in [-0.39, 0.29) is 5.82 Å². The van der Waals surface area contributed by atoms with Gasteiger partial charge in [0.15, 0.2) is 0 Å². The van der Waals surface area contributed by atoms with Crippen LogP contribution < -0.4 is 10.6 Å². The number of halogens is 1. The second kappa shape index (κ2) is 5.40. The minimum absolute atomic E-state index is 0.223. The molecule has 0 unspecified atom stereocenters. The molecule has 1 aromatic rings. The lowest BCUT2D eigenvalue weighted by Crippen LogP contribution is -2.30. The Hall–Kier alpha value is -1.62. The second-order valence-corrected chi connectivity index (χ2v) is 6.06. The molecule has 0 fully saturated rings. The van der Waals surface area contributed by atoms with E-state index in [4.69, 9.17) is 4.74 Å².